The minimum atomic E-state index is -3.70. The zero-order valence-corrected chi connectivity index (χ0v) is 20.4. The van der Waals surface area contributed by atoms with Crippen molar-refractivity contribution in [3.63, 3.8) is 0 Å². The lowest BCUT2D eigenvalue weighted by Gasteiger charge is -2.48. The molecular weight excluding hydrogens is 462 g/mol. The van der Waals surface area contributed by atoms with Gasteiger partial charge in [0.1, 0.15) is 0 Å². The first-order valence-electron chi connectivity index (χ1n) is 12.0. The molecule has 0 amide bonds. The van der Waals surface area contributed by atoms with Gasteiger partial charge in [0, 0.05) is 50.3 Å². The van der Waals surface area contributed by atoms with E-state index < -0.39 is 14.9 Å². The van der Waals surface area contributed by atoms with Gasteiger partial charge in [0.15, 0.2) is 0 Å². The minimum absolute atomic E-state index is 0.0764. The zero-order valence-electron chi connectivity index (χ0n) is 19.5. The van der Waals surface area contributed by atoms with E-state index >= 15 is 0 Å². The zero-order chi connectivity index (χ0) is 24.5. The summed E-state index contributed by atoms with van der Waals surface area (Å²) in [4.78, 5) is 13.0. The Balaban J connectivity index is 1.33. The number of fused-ring (bicyclic) bond motifs is 2. The summed E-state index contributed by atoms with van der Waals surface area (Å²) in [6.07, 6.45) is 2.48. The summed E-state index contributed by atoms with van der Waals surface area (Å²) < 4.78 is 28.0. The average molecular weight is 492 g/mol. The van der Waals surface area contributed by atoms with Crippen LogP contribution in [0.2, 0.25) is 0 Å². The Kier molecular flexibility index (Phi) is 6.44. The molecule has 0 unspecified atom stereocenters. The molecule has 0 saturated carbocycles. The fourth-order valence-corrected chi connectivity index (χ4v) is 6.99. The van der Waals surface area contributed by atoms with E-state index in [0.29, 0.717) is 13.1 Å². The molecule has 35 heavy (non-hydrogen) atoms. The Labute approximate surface area is 206 Å². The Hall–Kier alpha value is -3.07. The highest BCUT2D eigenvalue weighted by Gasteiger charge is 2.43. The van der Waals surface area contributed by atoms with Crippen LogP contribution in [0.1, 0.15) is 29.5 Å². The molecule has 2 aliphatic heterocycles. The predicted octanol–water partition coefficient (Wildman–Crippen LogP) is 4.38. The third kappa shape index (κ3) is 4.74. The highest BCUT2D eigenvalue weighted by atomic mass is 32.2. The fraction of sp³-hybridized carbons (Fsp3) is 0.333. The van der Waals surface area contributed by atoms with Gasteiger partial charge in [-0.1, -0.05) is 54.6 Å². The number of piperidine rings is 1. The number of hydrogen-bond acceptors (Lipinski definition) is 5. The molecule has 1 fully saturated rings. The van der Waals surface area contributed by atoms with Gasteiger partial charge in [-0.25, -0.2) is 8.42 Å². The van der Waals surface area contributed by atoms with Gasteiger partial charge in [0.25, 0.3) is 5.69 Å². The first kappa shape index (κ1) is 23.7. The lowest BCUT2D eigenvalue weighted by molar-refractivity contribution is -0.384. The van der Waals surface area contributed by atoms with Crippen molar-refractivity contribution in [3.05, 3.63) is 106 Å². The van der Waals surface area contributed by atoms with Crippen LogP contribution in [0.5, 0.6) is 0 Å². The molecule has 0 atom stereocenters. The van der Waals surface area contributed by atoms with E-state index in [1.165, 1.54) is 45.3 Å². The van der Waals surface area contributed by atoms with Crippen LogP contribution in [-0.4, -0.2) is 48.7 Å². The van der Waals surface area contributed by atoms with Crippen molar-refractivity contribution in [2.75, 3.05) is 26.2 Å². The normalized spacial score (nSPS) is 18.3. The molecule has 2 heterocycles. The third-order valence-corrected chi connectivity index (χ3v) is 9.35. The summed E-state index contributed by atoms with van der Waals surface area (Å²) >= 11 is 0. The summed E-state index contributed by atoms with van der Waals surface area (Å²) in [5, 5.41) is 10.9. The molecular formula is C27H29N3O4S. The quantitative estimate of drug-likeness (QED) is 0.378. The second kappa shape index (κ2) is 9.53. The number of benzene rings is 3. The highest BCUT2D eigenvalue weighted by molar-refractivity contribution is 7.89. The average Bonchev–Trinajstić information content (AvgIpc) is 2.88. The first-order chi connectivity index (χ1) is 16.9. The van der Waals surface area contributed by atoms with Gasteiger partial charge in [-0.3, -0.25) is 15.0 Å². The number of hydrogen-bond donors (Lipinski definition) is 0. The molecule has 5 rings (SSSR count). The van der Waals surface area contributed by atoms with Crippen molar-refractivity contribution in [2.24, 2.45) is 0 Å². The highest BCUT2D eigenvalue weighted by Crippen LogP contribution is 2.42. The van der Waals surface area contributed by atoms with Crippen LogP contribution in [0.25, 0.3) is 0 Å². The van der Waals surface area contributed by atoms with Gasteiger partial charge >= 0.3 is 0 Å². The molecule has 0 N–H and O–H groups in total. The van der Waals surface area contributed by atoms with Crippen molar-refractivity contribution < 1.29 is 13.3 Å². The van der Waals surface area contributed by atoms with Crippen LogP contribution in [0, 0.1) is 10.1 Å². The molecule has 1 saturated heterocycles. The maximum atomic E-state index is 13.3. The van der Waals surface area contributed by atoms with Crippen molar-refractivity contribution in [1.82, 2.24) is 9.21 Å². The van der Waals surface area contributed by atoms with Gasteiger partial charge in [-0.05, 0) is 48.1 Å². The number of nitro benzene ring substituents is 1. The van der Waals surface area contributed by atoms with E-state index in [2.05, 4.69) is 53.4 Å². The summed E-state index contributed by atoms with van der Waals surface area (Å²) in [7, 11) is -3.70. The second-order valence-corrected chi connectivity index (χ2v) is 11.5. The van der Waals surface area contributed by atoms with Crippen molar-refractivity contribution in [1.29, 1.82) is 0 Å². The Morgan fingerprint density at radius 1 is 0.886 bits per heavy atom. The Morgan fingerprint density at radius 2 is 1.54 bits per heavy atom. The minimum Gasteiger partial charge on any atom is -0.298 e. The summed E-state index contributed by atoms with van der Waals surface area (Å²) in [5.41, 5.74) is 3.81. The van der Waals surface area contributed by atoms with E-state index in [4.69, 9.17) is 0 Å². The maximum Gasteiger partial charge on any atom is 0.269 e. The van der Waals surface area contributed by atoms with Crippen LogP contribution in [0.4, 0.5) is 5.69 Å². The van der Waals surface area contributed by atoms with E-state index in [0.717, 1.165) is 38.9 Å². The molecule has 0 aliphatic carbocycles. The van der Waals surface area contributed by atoms with Crippen molar-refractivity contribution in [3.8, 4) is 0 Å². The van der Waals surface area contributed by atoms with E-state index in [1.54, 1.807) is 0 Å². The molecule has 1 spiro atoms. The molecule has 0 radical (unpaired) electrons. The molecule has 3 aromatic rings. The van der Waals surface area contributed by atoms with Crippen molar-refractivity contribution >= 4 is 15.7 Å². The van der Waals surface area contributed by atoms with E-state index in [1.807, 2.05) is 6.07 Å². The summed E-state index contributed by atoms with van der Waals surface area (Å²) in [5.74, 6) is 0. The lowest BCUT2D eigenvalue weighted by atomic mass is 9.69. The van der Waals surface area contributed by atoms with Gasteiger partial charge in [0.2, 0.25) is 10.0 Å². The molecule has 8 heteroatoms. The van der Waals surface area contributed by atoms with Crippen LogP contribution >= 0.6 is 0 Å². The van der Waals surface area contributed by atoms with E-state index in [9.17, 15) is 18.5 Å². The standard InChI is InChI=1S/C27H29N3O4S/c31-30(32)24-10-12-25(13-11-24)35(33,34)29-18-15-27(16-19-29)21-28(17-14-22-6-2-1-3-7-22)20-23-8-4-5-9-26(23)27/h1-13H,14-21H2. The predicted molar refractivity (Wildman–Crippen MR) is 135 cm³/mol. The Bertz CT molecular complexity index is 1300. The number of rotatable bonds is 6. The molecule has 0 aromatic heterocycles. The lowest BCUT2D eigenvalue weighted by Crippen LogP contribution is -2.53. The summed E-state index contributed by atoms with van der Waals surface area (Å²) in [6.45, 7) is 3.66. The monoisotopic (exact) mass is 491 g/mol. The number of sulfonamides is 1. The van der Waals surface area contributed by atoms with Crippen LogP contribution in [0.3, 0.4) is 0 Å². The SMILES string of the molecule is O=[N+]([O-])c1ccc(S(=O)(=O)N2CCC3(CC2)CN(CCc2ccccc2)Cc2ccccc23)cc1. The largest absolute Gasteiger partial charge is 0.298 e. The molecule has 7 nitrogen and oxygen atoms in total. The molecule has 182 valence electrons. The third-order valence-electron chi connectivity index (χ3n) is 7.43. The van der Waals surface area contributed by atoms with Gasteiger partial charge in [-0.15, -0.1) is 0 Å². The maximum absolute atomic E-state index is 13.3. The summed E-state index contributed by atoms with van der Waals surface area (Å²) in [6, 6.07) is 24.3. The topological polar surface area (TPSA) is 83.8 Å². The van der Waals surface area contributed by atoms with Crippen molar-refractivity contribution in [2.45, 2.75) is 36.1 Å². The smallest absolute Gasteiger partial charge is 0.269 e. The van der Waals surface area contributed by atoms with Crippen LogP contribution < -0.4 is 0 Å². The number of nitrogens with zero attached hydrogens (tertiary/aromatic N) is 3. The molecule has 2 aliphatic rings. The van der Waals surface area contributed by atoms with Crippen LogP contribution in [-0.2, 0) is 28.4 Å². The number of non-ortho nitro benzene ring substituents is 1. The van der Waals surface area contributed by atoms with Gasteiger partial charge in [0.05, 0.1) is 9.82 Å². The Morgan fingerprint density at radius 3 is 2.23 bits per heavy atom. The van der Waals surface area contributed by atoms with Crippen LogP contribution in [0.15, 0.2) is 83.8 Å². The first-order valence-corrected chi connectivity index (χ1v) is 13.4. The number of nitro groups is 1. The van der Waals surface area contributed by atoms with Gasteiger partial charge < -0.3 is 0 Å². The molecule has 0 bridgehead atoms. The second-order valence-electron chi connectivity index (χ2n) is 9.54. The fourth-order valence-electron chi connectivity index (χ4n) is 5.55. The van der Waals surface area contributed by atoms with E-state index in [-0.39, 0.29) is 16.0 Å². The van der Waals surface area contributed by atoms with Gasteiger partial charge in [-0.2, -0.15) is 4.31 Å². The molecule has 3 aromatic carbocycles.